The van der Waals surface area contributed by atoms with Crippen LogP contribution in [0.2, 0.25) is 0 Å². The lowest BCUT2D eigenvalue weighted by atomic mass is 10.0. The van der Waals surface area contributed by atoms with Gasteiger partial charge in [0.1, 0.15) is 0 Å². The third-order valence-corrected chi connectivity index (χ3v) is 6.95. The third-order valence-electron chi connectivity index (χ3n) is 5.44. The number of ether oxygens (including phenoxy) is 1. The Kier molecular flexibility index (Phi) is 8.29. The zero-order valence-corrected chi connectivity index (χ0v) is 20.7. The van der Waals surface area contributed by atoms with Gasteiger partial charge in [0.15, 0.2) is 5.96 Å². The molecule has 0 spiro atoms. The highest BCUT2D eigenvalue weighted by Crippen LogP contribution is 2.29. The summed E-state index contributed by atoms with van der Waals surface area (Å²) in [5.74, 6) is -1.26. The maximum atomic E-state index is 12.7. The lowest BCUT2D eigenvalue weighted by Gasteiger charge is -2.19. The second-order valence-corrected chi connectivity index (χ2v) is 9.98. The number of rotatable bonds is 8. The van der Waals surface area contributed by atoms with Gasteiger partial charge in [-0.2, -0.15) is 4.72 Å². The van der Waals surface area contributed by atoms with Gasteiger partial charge < -0.3 is 21.1 Å². The number of nitrogens with zero attached hydrogens (tertiary/aromatic N) is 1. The van der Waals surface area contributed by atoms with Crippen LogP contribution in [-0.4, -0.2) is 45.6 Å². The summed E-state index contributed by atoms with van der Waals surface area (Å²) in [5.41, 5.74) is 8.28. The van der Waals surface area contributed by atoms with Crippen LogP contribution < -0.4 is 21.1 Å². The van der Waals surface area contributed by atoms with Gasteiger partial charge in [-0.3, -0.25) is 9.79 Å². The van der Waals surface area contributed by atoms with Crippen molar-refractivity contribution in [3.05, 3.63) is 84.4 Å². The number of sulfonamides is 1. The predicted octanol–water partition coefficient (Wildman–Crippen LogP) is 2.45. The smallest absolute Gasteiger partial charge is 0.345 e. The molecule has 0 saturated carbocycles. The molecule has 1 aliphatic rings. The van der Waals surface area contributed by atoms with Gasteiger partial charge in [-0.15, -0.1) is 0 Å². The molecule has 0 fully saturated rings. The van der Waals surface area contributed by atoms with Crippen molar-refractivity contribution in [2.24, 2.45) is 10.7 Å². The highest BCUT2D eigenvalue weighted by atomic mass is 32.2. The van der Waals surface area contributed by atoms with E-state index in [9.17, 15) is 18.0 Å². The summed E-state index contributed by atoms with van der Waals surface area (Å²) in [6.07, 6.45) is -0.890. The first kappa shape index (κ1) is 26.0. The maximum Gasteiger partial charge on any atom is 0.345 e. The van der Waals surface area contributed by atoms with Crippen LogP contribution in [-0.2, 0) is 19.6 Å². The molecule has 1 aliphatic heterocycles. The molecule has 0 amide bonds. The molecule has 0 aliphatic carbocycles. The number of carbonyl (C=O) groups excluding carboxylic acids is 2. The molecule has 3 aromatic carbocycles. The number of carbonyl (C=O) groups is 2. The number of anilines is 1. The maximum absolute atomic E-state index is 12.7. The monoisotopic (exact) mass is 521 g/mol. The molecular weight excluding hydrogens is 494 g/mol. The summed E-state index contributed by atoms with van der Waals surface area (Å²) in [6, 6.07) is 22.1. The van der Waals surface area contributed by atoms with Crippen molar-refractivity contribution in [1.82, 2.24) is 10.0 Å². The standard InChI is InChI=1S/C26H27N5O5S/c27-23(31-37(34,35)20-10-5-2-6-11-20)17-24(32)36-25(33)19-12-13-21(18-8-3-1-4-9-18)22(16-19)30-26-28-14-7-15-29-26/h1-6,8-13,16,23,31H,7,14-15,17,27H2,(H2,28,29,30). The first-order chi connectivity index (χ1) is 17.8. The summed E-state index contributed by atoms with van der Waals surface area (Å²) in [5, 5.41) is 6.40. The van der Waals surface area contributed by atoms with E-state index in [1.165, 1.54) is 12.1 Å². The van der Waals surface area contributed by atoms with E-state index in [0.29, 0.717) is 18.2 Å². The van der Waals surface area contributed by atoms with Crippen molar-refractivity contribution in [1.29, 1.82) is 0 Å². The van der Waals surface area contributed by atoms with Crippen LogP contribution in [0, 0.1) is 0 Å². The molecule has 4 rings (SSSR count). The lowest BCUT2D eigenvalue weighted by molar-refractivity contribution is -0.138. The highest BCUT2D eigenvalue weighted by molar-refractivity contribution is 7.89. The van der Waals surface area contributed by atoms with E-state index < -0.39 is 34.5 Å². The van der Waals surface area contributed by atoms with Crippen molar-refractivity contribution in [2.75, 3.05) is 18.4 Å². The number of hydrogen-bond donors (Lipinski definition) is 4. The zero-order chi connectivity index (χ0) is 26.3. The van der Waals surface area contributed by atoms with E-state index in [-0.39, 0.29) is 10.5 Å². The van der Waals surface area contributed by atoms with E-state index in [1.807, 2.05) is 30.3 Å². The fourth-order valence-corrected chi connectivity index (χ4v) is 4.81. The zero-order valence-electron chi connectivity index (χ0n) is 19.9. The molecule has 11 heteroatoms. The Morgan fingerprint density at radius 2 is 1.73 bits per heavy atom. The van der Waals surface area contributed by atoms with Gasteiger partial charge in [-0.1, -0.05) is 54.6 Å². The molecule has 10 nitrogen and oxygen atoms in total. The van der Waals surface area contributed by atoms with Crippen molar-refractivity contribution in [3.63, 3.8) is 0 Å². The van der Waals surface area contributed by atoms with Gasteiger partial charge in [0.25, 0.3) is 0 Å². The van der Waals surface area contributed by atoms with Crippen molar-refractivity contribution < 1.29 is 22.7 Å². The molecule has 0 bridgehead atoms. The van der Waals surface area contributed by atoms with Crippen LogP contribution in [0.4, 0.5) is 5.69 Å². The first-order valence-electron chi connectivity index (χ1n) is 11.6. The number of esters is 2. The van der Waals surface area contributed by atoms with Crippen LogP contribution in [0.3, 0.4) is 0 Å². The van der Waals surface area contributed by atoms with Crippen LogP contribution in [0.1, 0.15) is 23.2 Å². The minimum absolute atomic E-state index is 0.00508. The molecule has 1 unspecified atom stereocenters. The summed E-state index contributed by atoms with van der Waals surface area (Å²) < 4.78 is 31.9. The van der Waals surface area contributed by atoms with E-state index >= 15 is 0 Å². The minimum Gasteiger partial charge on any atom is -0.389 e. The van der Waals surface area contributed by atoms with E-state index in [1.54, 1.807) is 36.4 Å². The van der Waals surface area contributed by atoms with Crippen molar-refractivity contribution in [2.45, 2.75) is 23.9 Å². The molecule has 3 aromatic rings. The Balaban J connectivity index is 1.45. The number of hydrogen-bond acceptors (Lipinski definition) is 9. The summed E-state index contributed by atoms with van der Waals surface area (Å²) in [6.45, 7) is 1.46. The van der Waals surface area contributed by atoms with E-state index in [0.717, 1.165) is 24.1 Å². The summed E-state index contributed by atoms with van der Waals surface area (Å²) >= 11 is 0. The molecule has 0 aromatic heterocycles. The Morgan fingerprint density at radius 1 is 1.03 bits per heavy atom. The van der Waals surface area contributed by atoms with Gasteiger partial charge in [-0.25, -0.2) is 13.2 Å². The second kappa shape index (κ2) is 11.8. The third kappa shape index (κ3) is 7.00. The minimum atomic E-state index is -3.93. The second-order valence-electron chi connectivity index (χ2n) is 8.27. The fourth-order valence-electron chi connectivity index (χ4n) is 3.68. The van der Waals surface area contributed by atoms with Crippen molar-refractivity contribution in [3.8, 4) is 11.1 Å². The quantitative estimate of drug-likeness (QED) is 0.200. The van der Waals surface area contributed by atoms with Gasteiger partial charge in [0.2, 0.25) is 10.0 Å². The first-order valence-corrected chi connectivity index (χ1v) is 13.1. The van der Waals surface area contributed by atoms with Gasteiger partial charge in [-0.05, 0) is 36.2 Å². The van der Waals surface area contributed by atoms with Gasteiger partial charge >= 0.3 is 11.9 Å². The Bertz CT molecular complexity index is 1400. The molecule has 1 heterocycles. The Hall–Kier alpha value is -4.06. The van der Waals surface area contributed by atoms with Crippen molar-refractivity contribution >= 4 is 33.6 Å². The molecule has 0 radical (unpaired) electrons. The average molecular weight is 522 g/mol. The van der Waals surface area contributed by atoms with Gasteiger partial charge in [0, 0.05) is 24.3 Å². The Morgan fingerprint density at radius 3 is 2.41 bits per heavy atom. The normalized spacial score (nSPS) is 14.1. The van der Waals surface area contributed by atoms with E-state index in [2.05, 4.69) is 20.3 Å². The van der Waals surface area contributed by atoms with Crippen LogP contribution in [0.5, 0.6) is 0 Å². The topological polar surface area (TPSA) is 152 Å². The molecule has 192 valence electrons. The summed E-state index contributed by atoms with van der Waals surface area (Å²) in [7, 11) is -3.93. The predicted molar refractivity (Wildman–Crippen MR) is 140 cm³/mol. The SMILES string of the molecule is NC(CC(=O)OC(=O)c1ccc(-c2ccccc2)c(NC2=NCCCN2)c1)NS(=O)(=O)c1ccccc1. The van der Waals surface area contributed by atoms with Gasteiger partial charge in [0.05, 0.1) is 23.0 Å². The molecule has 1 atom stereocenters. The van der Waals surface area contributed by atoms with Crippen LogP contribution in [0.15, 0.2) is 88.8 Å². The van der Waals surface area contributed by atoms with Crippen LogP contribution in [0.25, 0.3) is 11.1 Å². The molecule has 37 heavy (non-hydrogen) atoms. The number of nitrogens with one attached hydrogen (secondary N) is 3. The summed E-state index contributed by atoms with van der Waals surface area (Å²) in [4.78, 5) is 29.5. The number of benzene rings is 3. The van der Waals surface area contributed by atoms with Crippen LogP contribution >= 0.6 is 0 Å². The number of nitrogens with two attached hydrogens (primary N) is 1. The number of guanidine groups is 1. The molecular formula is C26H27N5O5S. The largest absolute Gasteiger partial charge is 0.389 e. The Labute approximate surface area is 215 Å². The average Bonchev–Trinajstić information content (AvgIpc) is 2.90. The lowest BCUT2D eigenvalue weighted by Crippen LogP contribution is -2.43. The molecule has 0 saturated heterocycles. The fraction of sp³-hybridized carbons (Fsp3) is 0.192. The number of aliphatic imine (C=N–C) groups is 1. The highest BCUT2D eigenvalue weighted by Gasteiger charge is 2.22. The molecule has 5 N–H and O–H groups in total. The van der Waals surface area contributed by atoms with E-state index in [4.69, 9.17) is 10.5 Å².